The second-order valence-electron chi connectivity index (χ2n) is 7.41. The standard InChI is InChI=1S/C19H27N3.HI/c1-20-18(22-11-10-19(14-22)8-4-5-9-19)21-13-16-12-15-6-2-3-7-17(15)16;/h2-3,6-7,16H,4-5,8-14H2,1H3,(H,20,21);1H. The topological polar surface area (TPSA) is 27.6 Å². The number of rotatable bonds is 2. The van der Waals surface area contributed by atoms with E-state index in [1.165, 1.54) is 62.7 Å². The van der Waals surface area contributed by atoms with Crippen LogP contribution in [-0.2, 0) is 6.42 Å². The van der Waals surface area contributed by atoms with E-state index in [1.807, 2.05) is 7.05 Å². The number of benzene rings is 1. The van der Waals surface area contributed by atoms with E-state index in [2.05, 4.69) is 39.5 Å². The lowest BCUT2D eigenvalue weighted by molar-refractivity contribution is 0.309. The minimum atomic E-state index is 0. The Morgan fingerprint density at radius 1 is 1.26 bits per heavy atom. The van der Waals surface area contributed by atoms with Gasteiger partial charge in [-0.25, -0.2) is 0 Å². The van der Waals surface area contributed by atoms with Crippen LogP contribution in [0.4, 0.5) is 0 Å². The van der Waals surface area contributed by atoms with E-state index in [9.17, 15) is 0 Å². The lowest BCUT2D eigenvalue weighted by Crippen LogP contribution is -2.43. The van der Waals surface area contributed by atoms with Crippen molar-refractivity contribution in [2.75, 3.05) is 26.7 Å². The minimum Gasteiger partial charge on any atom is -0.356 e. The Bertz CT molecular complexity index is 578. The number of nitrogens with one attached hydrogen (secondary N) is 1. The fraction of sp³-hybridized carbons (Fsp3) is 0.632. The van der Waals surface area contributed by atoms with Gasteiger partial charge in [0.05, 0.1) is 0 Å². The maximum Gasteiger partial charge on any atom is 0.193 e. The number of aliphatic imine (C=N–C) groups is 1. The molecule has 4 heteroatoms. The van der Waals surface area contributed by atoms with Crippen LogP contribution >= 0.6 is 24.0 Å². The zero-order valence-corrected chi connectivity index (χ0v) is 16.4. The molecule has 0 radical (unpaired) electrons. The van der Waals surface area contributed by atoms with Gasteiger partial charge in [0.15, 0.2) is 5.96 Å². The highest BCUT2D eigenvalue weighted by Gasteiger charge is 2.41. The summed E-state index contributed by atoms with van der Waals surface area (Å²) in [6.45, 7) is 3.42. The molecule has 0 aromatic heterocycles. The molecule has 1 N–H and O–H groups in total. The molecule has 1 aromatic rings. The number of hydrogen-bond donors (Lipinski definition) is 1. The summed E-state index contributed by atoms with van der Waals surface area (Å²) in [4.78, 5) is 7.04. The number of nitrogens with zero attached hydrogens (tertiary/aromatic N) is 2. The number of fused-ring (bicyclic) bond motifs is 1. The van der Waals surface area contributed by atoms with Gasteiger partial charge >= 0.3 is 0 Å². The highest BCUT2D eigenvalue weighted by Crippen LogP contribution is 2.45. The van der Waals surface area contributed by atoms with Crippen molar-refractivity contribution in [3.05, 3.63) is 35.4 Å². The molecular formula is C19H28IN3. The molecule has 3 nitrogen and oxygen atoms in total. The molecule has 0 amide bonds. The first-order valence-electron chi connectivity index (χ1n) is 8.83. The van der Waals surface area contributed by atoms with E-state index in [0.717, 1.165) is 12.5 Å². The normalized spacial score (nSPS) is 25.0. The van der Waals surface area contributed by atoms with E-state index >= 15 is 0 Å². The monoisotopic (exact) mass is 425 g/mol. The second-order valence-corrected chi connectivity index (χ2v) is 7.41. The predicted octanol–water partition coefficient (Wildman–Crippen LogP) is 3.79. The average molecular weight is 425 g/mol. The largest absolute Gasteiger partial charge is 0.356 e. The van der Waals surface area contributed by atoms with E-state index in [4.69, 9.17) is 0 Å². The zero-order chi connectivity index (χ0) is 15.0. The summed E-state index contributed by atoms with van der Waals surface area (Å²) in [6.07, 6.45) is 8.29. The zero-order valence-electron chi connectivity index (χ0n) is 14.1. The SMILES string of the molecule is CN=C(NCC1Cc2ccccc21)N1CCC2(CCCC2)C1.I. The molecule has 2 fully saturated rings. The number of guanidine groups is 1. The van der Waals surface area contributed by atoms with Crippen LogP contribution in [0.15, 0.2) is 29.3 Å². The van der Waals surface area contributed by atoms with Crippen LogP contribution in [0, 0.1) is 5.41 Å². The number of halogens is 1. The first-order valence-corrected chi connectivity index (χ1v) is 8.83. The van der Waals surface area contributed by atoms with Crippen molar-refractivity contribution in [3.8, 4) is 0 Å². The summed E-state index contributed by atoms with van der Waals surface area (Å²) in [5.41, 5.74) is 3.66. The van der Waals surface area contributed by atoms with Gasteiger partial charge in [-0.2, -0.15) is 0 Å². The Morgan fingerprint density at radius 2 is 2.04 bits per heavy atom. The van der Waals surface area contributed by atoms with E-state index in [1.54, 1.807) is 0 Å². The van der Waals surface area contributed by atoms with E-state index in [0.29, 0.717) is 11.3 Å². The fourth-order valence-corrected chi connectivity index (χ4v) is 4.74. The molecule has 1 spiro atoms. The maximum atomic E-state index is 4.54. The third-order valence-electron chi connectivity index (χ3n) is 6.08. The van der Waals surface area contributed by atoms with Crippen LogP contribution in [0.25, 0.3) is 0 Å². The molecule has 1 aliphatic heterocycles. The predicted molar refractivity (Wildman–Crippen MR) is 107 cm³/mol. The molecule has 1 unspecified atom stereocenters. The van der Waals surface area contributed by atoms with Gasteiger partial charge in [0.1, 0.15) is 0 Å². The van der Waals surface area contributed by atoms with Gasteiger partial charge in [-0.3, -0.25) is 4.99 Å². The summed E-state index contributed by atoms with van der Waals surface area (Å²) in [5.74, 6) is 1.78. The van der Waals surface area contributed by atoms with Crippen LogP contribution in [-0.4, -0.2) is 37.5 Å². The molecule has 4 rings (SSSR count). The van der Waals surface area contributed by atoms with E-state index in [-0.39, 0.29) is 24.0 Å². The van der Waals surface area contributed by atoms with Crippen molar-refractivity contribution in [3.63, 3.8) is 0 Å². The van der Waals surface area contributed by atoms with Crippen molar-refractivity contribution in [2.24, 2.45) is 10.4 Å². The Hall–Kier alpha value is -0.780. The van der Waals surface area contributed by atoms with Crippen molar-refractivity contribution in [2.45, 2.75) is 44.4 Å². The molecule has 126 valence electrons. The van der Waals surface area contributed by atoms with Crippen LogP contribution in [0.2, 0.25) is 0 Å². The van der Waals surface area contributed by atoms with Crippen molar-refractivity contribution in [1.29, 1.82) is 0 Å². The molecule has 1 saturated heterocycles. The summed E-state index contributed by atoms with van der Waals surface area (Å²) in [6, 6.07) is 8.83. The van der Waals surface area contributed by atoms with E-state index < -0.39 is 0 Å². The molecule has 1 aromatic carbocycles. The average Bonchev–Trinajstić information content (AvgIpc) is 3.15. The van der Waals surface area contributed by atoms with Gasteiger partial charge in [-0.1, -0.05) is 37.1 Å². The molecule has 1 atom stereocenters. The number of hydrogen-bond acceptors (Lipinski definition) is 1. The highest BCUT2D eigenvalue weighted by atomic mass is 127. The van der Waals surface area contributed by atoms with Gasteiger partial charge in [0.2, 0.25) is 0 Å². The van der Waals surface area contributed by atoms with Crippen LogP contribution < -0.4 is 5.32 Å². The Labute approximate surface area is 157 Å². The number of likely N-dealkylation sites (tertiary alicyclic amines) is 1. The first-order chi connectivity index (χ1) is 10.8. The summed E-state index contributed by atoms with van der Waals surface area (Å²) in [7, 11) is 1.93. The Balaban J connectivity index is 0.00000156. The molecule has 1 heterocycles. The van der Waals surface area contributed by atoms with Gasteiger partial charge in [0.25, 0.3) is 0 Å². The summed E-state index contributed by atoms with van der Waals surface area (Å²) >= 11 is 0. The molecular weight excluding hydrogens is 397 g/mol. The minimum absolute atomic E-state index is 0. The molecule has 1 saturated carbocycles. The third kappa shape index (κ3) is 3.24. The third-order valence-corrected chi connectivity index (χ3v) is 6.08. The summed E-state index contributed by atoms with van der Waals surface area (Å²) in [5, 5.41) is 3.64. The van der Waals surface area contributed by atoms with Gasteiger partial charge in [0, 0.05) is 32.6 Å². The Kier molecular flexibility index (Phi) is 5.19. The van der Waals surface area contributed by atoms with Crippen molar-refractivity contribution >= 4 is 29.9 Å². The molecule has 0 bridgehead atoms. The highest BCUT2D eigenvalue weighted by molar-refractivity contribution is 14.0. The smallest absolute Gasteiger partial charge is 0.193 e. The lowest BCUT2D eigenvalue weighted by Gasteiger charge is -2.32. The van der Waals surface area contributed by atoms with Crippen LogP contribution in [0.1, 0.15) is 49.1 Å². The molecule has 23 heavy (non-hydrogen) atoms. The van der Waals surface area contributed by atoms with Gasteiger partial charge in [-0.15, -0.1) is 24.0 Å². The van der Waals surface area contributed by atoms with Crippen LogP contribution in [0.5, 0.6) is 0 Å². The quantitative estimate of drug-likeness (QED) is 0.444. The molecule has 2 aliphatic carbocycles. The fourth-order valence-electron chi connectivity index (χ4n) is 4.74. The van der Waals surface area contributed by atoms with Gasteiger partial charge < -0.3 is 10.2 Å². The Morgan fingerprint density at radius 3 is 2.78 bits per heavy atom. The first kappa shape index (κ1) is 17.1. The van der Waals surface area contributed by atoms with Crippen LogP contribution in [0.3, 0.4) is 0 Å². The summed E-state index contributed by atoms with van der Waals surface area (Å²) < 4.78 is 0. The van der Waals surface area contributed by atoms with Crippen molar-refractivity contribution in [1.82, 2.24) is 10.2 Å². The molecule has 3 aliphatic rings. The maximum absolute atomic E-state index is 4.54. The van der Waals surface area contributed by atoms with Gasteiger partial charge in [-0.05, 0) is 42.2 Å². The lowest BCUT2D eigenvalue weighted by atomic mass is 9.78. The van der Waals surface area contributed by atoms with Crippen molar-refractivity contribution < 1.29 is 0 Å². The second kappa shape index (κ2) is 6.99.